The van der Waals surface area contributed by atoms with Crippen LogP contribution in [0.25, 0.3) is 0 Å². The first-order valence-corrected chi connectivity index (χ1v) is 9.63. The van der Waals surface area contributed by atoms with Crippen LogP contribution in [0.5, 0.6) is 5.75 Å². The number of hydrogen-bond acceptors (Lipinski definition) is 5. The zero-order chi connectivity index (χ0) is 20.0. The quantitative estimate of drug-likeness (QED) is 0.741. The lowest BCUT2D eigenvalue weighted by molar-refractivity contribution is -0.143. The molecule has 0 unspecified atom stereocenters. The Labute approximate surface area is 162 Å². The van der Waals surface area contributed by atoms with Crippen LogP contribution >= 0.6 is 0 Å². The molecule has 6 heteroatoms. The van der Waals surface area contributed by atoms with Crippen molar-refractivity contribution in [1.29, 1.82) is 0 Å². The summed E-state index contributed by atoms with van der Waals surface area (Å²) in [5.74, 6) is 0.675. The van der Waals surface area contributed by atoms with Gasteiger partial charge in [0.05, 0.1) is 7.11 Å². The Kier molecular flexibility index (Phi) is 7.66. The molecule has 27 heavy (non-hydrogen) atoms. The first-order chi connectivity index (χ1) is 12.8. The van der Waals surface area contributed by atoms with Crippen molar-refractivity contribution < 1.29 is 19.1 Å². The standard InChI is InChI=1S/C21H32N2O4/c1-14(2)21(25)23-8-6-18(7-9-23)22-12-17-10-15(3)20(16(4)11-17)27-13-19(24)26-5/h10-11,14,18,22H,6-9,12-13H2,1-5H3. The summed E-state index contributed by atoms with van der Waals surface area (Å²) in [6.07, 6.45) is 1.97. The van der Waals surface area contributed by atoms with Crippen LogP contribution < -0.4 is 10.1 Å². The van der Waals surface area contributed by atoms with Crippen LogP contribution in [0.15, 0.2) is 12.1 Å². The van der Waals surface area contributed by atoms with Crippen LogP contribution in [0.2, 0.25) is 0 Å². The van der Waals surface area contributed by atoms with E-state index in [2.05, 4.69) is 22.2 Å². The molecule has 0 radical (unpaired) electrons. The maximum atomic E-state index is 12.1. The lowest BCUT2D eigenvalue weighted by Gasteiger charge is -2.33. The summed E-state index contributed by atoms with van der Waals surface area (Å²) < 4.78 is 10.2. The van der Waals surface area contributed by atoms with Crippen molar-refractivity contribution in [3.05, 3.63) is 28.8 Å². The van der Waals surface area contributed by atoms with Crippen LogP contribution in [0.4, 0.5) is 0 Å². The predicted molar refractivity (Wildman–Crippen MR) is 105 cm³/mol. The number of methoxy groups -OCH3 is 1. The van der Waals surface area contributed by atoms with Gasteiger partial charge in [-0.3, -0.25) is 4.79 Å². The van der Waals surface area contributed by atoms with Gasteiger partial charge in [0.15, 0.2) is 6.61 Å². The number of aryl methyl sites for hydroxylation is 2. The number of carbonyl (C=O) groups is 2. The van der Waals surface area contributed by atoms with E-state index in [4.69, 9.17) is 4.74 Å². The minimum Gasteiger partial charge on any atom is -0.481 e. The number of rotatable bonds is 7. The molecular formula is C21H32N2O4. The second-order valence-corrected chi connectivity index (χ2v) is 7.56. The number of nitrogens with zero attached hydrogens (tertiary/aromatic N) is 1. The van der Waals surface area contributed by atoms with Gasteiger partial charge in [-0.05, 0) is 43.4 Å². The highest BCUT2D eigenvalue weighted by Gasteiger charge is 2.23. The number of esters is 1. The summed E-state index contributed by atoms with van der Waals surface area (Å²) in [4.78, 5) is 25.3. The van der Waals surface area contributed by atoms with Crippen LogP contribution in [0, 0.1) is 19.8 Å². The normalized spacial score (nSPS) is 15.1. The van der Waals surface area contributed by atoms with E-state index in [1.54, 1.807) is 0 Å². The van der Waals surface area contributed by atoms with Crippen LogP contribution in [0.3, 0.4) is 0 Å². The molecule has 1 aliphatic heterocycles. The van der Waals surface area contributed by atoms with Crippen molar-refractivity contribution in [1.82, 2.24) is 10.2 Å². The molecule has 0 bridgehead atoms. The van der Waals surface area contributed by atoms with Crippen molar-refractivity contribution in [2.24, 2.45) is 5.92 Å². The molecule has 0 atom stereocenters. The highest BCUT2D eigenvalue weighted by atomic mass is 16.6. The Bertz CT molecular complexity index is 641. The molecule has 0 aliphatic carbocycles. The molecule has 2 rings (SSSR count). The summed E-state index contributed by atoms with van der Waals surface area (Å²) >= 11 is 0. The lowest BCUT2D eigenvalue weighted by Crippen LogP contribution is -2.45. The smallest absolute Gasteiger partial charge is 0.343 e. The Morgan fingerprint density at radius 2 is 1.78 bits per heavy atom. The van der Waals surface area contributed by atoms with Gasteiger partial charge in [0.2, 0.25) is 5.91 Å². The number of nitrogens with one attached hydrogen (secondary N) is 1. The third kappa shape index (κ3) is 5.96. The molecule has 1 fully saturated rings. The van der Waals surface area contributed by atoms with Crippen molar-refractivity contribution in [2.75, 3.05) is 26.8 Å². The first kappa shape index (κ1) is 21.2. The molecule has 6 nitrogen and oxygen atoms in total. The topological polar surface area (TPSA) is 67.9 Å². The van der Waals surface area contributed by atoms with Gasteiger partial charge in [-0.15, -0.1) is 0 Å². The van der Waals surface area contributed by atoms with Gasteiger partial charge in [0.1, 0.15) is 5.75 Å². The molecule has 1 aromatic rings. The second kappa shape index (κ2) is 9.74. The summed E-state index contributed by atoms with van der Waals surface area (Å²) in [5, 5.41) is 3.61. The number of hydrogen-bond donors (Lipinski definition) is 1. The molecule has 1 N–H and O–H groups in total. The van der Waals surface area contributed by atoms with E-state index in [9.17, 15) is 9.59 Å². The second-order valence-electron chi connectivity index (χ2n) is 7.56. The number of likely N-dealkylation sites (tertiary alicyclic amines) is 1. The third-order valence-corrected chi connectivity index (χ3v) is 4.98. The largest absolute Gasteiger partial charge is 0.481 e. The van der Waals surface area contributed by atoms with E-state index in [1.165, 1.54) is 12.7 Å². The molecule has 1 aromatic carbocycles. The molecule has 0 spiro atoms. The number of benzene rings is 1. The van der Waals surface area contributed by atoms with E-state index < -0.39 is 0 Å². The fraction of sp³-hybridized carbons (Fsp3) is 0.619. The molecule has 1 heterocycles. The zero-order valence-electron chi connectivity index (χ0n) is 17.1. The maximum Gasteiger partial charge on any atom is 0.343 e. The molecular weight excluding hydrogens is 344 g/mol. The number of carbonyl (C=O) groups excluding carboxylic acids is 2. The summed E-state index contributed by atoms with van der Waals surface area (Å²) in [7, 11) is 1.35. The van der Waals surface area contributed by atoms with E-state index in [0.29, 0.717) is 6.04 Å². The van der Waals surface area contributed by atoms with Crippen molar-refractivity contribution >= 4 is 11.9 Å². The van der Waals surface area contributed by atoms with Gasteiger partial charge < -0.3 is 19.7 Å². The van der Waals surface area contributed by atoms with Gasteiger partial charge in [-0.2, -0.15) is 0 Å². The number of piperidine rings is 1. The maximum absolute atomic E-state index is 12.1. The highest BCUT2D eigenvalue weighted by molar-refractivity contribution is 5.78. The Morgan fingerprint density at radius 3 is 2.30 bits per heavy atom. The number of amides is 1. The van der Waals surface area contributed by atoms with E-state index >= 15 is 0 Å². The van der Waals surface area contributed by atoms with Gasteiger partial charge in [0, 0.05) is 31.6 Å². The molecule has 0 saturated carbocycles. The monoisotopic (exact) mass is 376 g/mol. The summed E-state index contributed by atoms with van der Waals surface area (Å²) in [6.45, 7) is 10.2. The van der Waals surface area contributed by atoms with Crippen LogP contribution in [0.1, 0.15) is 43.4 Å². The summed E-state index contributed by atoms with van der Waals surface area (Å²) in [6, 6.07) is 4.60. The highest BCUT2D eigenvalue weighted by Crippen LogP contribution is 2.25. The summed E-state index contributed by atoms with van der Waals surface area (Å²) in [5.41, 5.74) is 3.21. The van der Waals surface area contributed by atoms with Crippen molar-refractivity contribution in [3.8, 4) is 5.75 Å². The van der Waals surface area contributed by atoms with Crippen LogP contribution in [-0.4, -0.2) is 49.6 Å². The van der Waals surface area contributed by atoms with E-state index in [-0.39, 0.29) is 24.4 Å². The van der Waals surface area contributed by atoms with E-state index in [1.807, 2.05) is 32.6 Å². The third-order valence-electron chi connectivity index (χ3n) is 4.98. The van der Waals surface area contributed by atoms with Gasteiger partial charge >= 0.3 is 5.97 Å². The molecule has 0 aromatic heterocycles. The van der Waals surface area contributed by atoms with Crippen LogP contribution in [-0.2, 0) is 20.9 Å². The van der Waals surface area contributed by atoms with Gasteiger partial charge in [-0.1, -0.05) is 26.0 Å². The average Bonchev–Trinajstić information content (AvgIpc) is 2.65. The minimum atomic E-state index is -0.387. The average molecular weight is 376 g/mol. The van der Waals surface area contributed by atoms with Gasteiger partial charge in [-0.25, -0.2) is 4.79 Å². The SMILES string of the molecule is COC(=O)COc1c(C)cc(CNC2CCN(C(=O)C(C)C)CC2)cc1C. The predicted octanol–water partition coefficient (Wildman–Crippen LogP) is 2.59. The Balaban J connectivity index is 1.86. The van der Waals surface area contributed by atoms with Crippen molar-refractivity contribution in [2.45, 2.75) is 53.1 Å². The number of ether oxygens (including phenoxy) is 2. The minimum absolute atomic E-state index is 0.0698. The zero-order valence-corrected chi connectivity index (χ0v) is 17.1. The molecule has 1 aliphatic rings. The fourth-order valence-corrected chi connectivity index (χ4v) is 3.49. The van der Waals surface area contributed by atoms with Crippen molar-refractivity contribution in [3.63, 3.8) is 0 Å². The van der Waals surface area contributed by atoms with Gasteiger partial charge in [0.25, 0.3) is 0 Å². The molecule has 1 amide bonds. The lowest BCUT2D eigenvalue weighted by atomic mass is 10.0. The fourth-order valence-electron chi connectivity index (χ4n) is 3.49. The molecule has 1 saturated heterocycles. The molecule has 150 valence electrons. The Hall–Kier alpha value is -2.08. The Morgan fingerprint density at radius 1 is 1.19 bits per heavy atom. The van der Waals surface area contributed by atoms with E-state index in [0.717, 1.165) is 49.4 Å². The first-order valence-electron chi connectivity index (χ1n) is 9.63.